The Morgan fingerprint density at radius 3 is 2.00 bits per heavy atom. The van der Waals surface area contributed by atoms with Crippen LogP contribution in [0.25, 0.3) is 23.3 Å². The van der Waals surface area contributed by atoms with Gasteiger partial charge >= 0.3 is 0 Å². The van der Waals surface area contributed by atoms with Crippen molar-refractivity contribution in [3.63, 3.8) is 0 Å². The number of rotatable bonds is 5. The predicted molar refractivity (Wildman–Crippen MR) is 139 cm³/mol. The van der Waals surface area contributed by atoms with Gasteiger partial charge in [0.2, 0.25) is 11.8 Å². The van der Waals surface area contributed by atoms with E-state index in [0.717, 1.165) is 34.6 Å². The van der Waals surface area contributed by atoms with Crippen molar-refractivity contribution in [3.8, 4) is 34.4 Å². The molecule has 4 heteroatoms. The van der Waals surface area contributed by atoms with E-state index in [9.17, 15) is 0 Å². The van der Waals surface area contributed by atoms with Crippen molar-refractivity contribution in [3.05, 3.63) is 132 Å². The van der Waals surface area contributed by atoms with E-state index in [1.165, 1.54) is 16.7 Å². The van der Waals surface area contributed by atoms with Crippen LogP contribution < -0.4 is 9.47 Å². The highest BCUT2D eigenvalue weighted by atomic mass is 16.5. The summed E-state index contributed by atoms with van der Waals surface area (Å²) in [5, 5.41) is 0. The first kappa shape index (κ1) is 20.9. The van der Waals surface area contributed by atoms with E-state index in [-0.39, 0.29) is 0 Å². The minimum Gasteiger partial charge on any atom is -0.439 e. The minimum atomic E-state index is 0.574. The zero-order chi connectivity index (χ0) is 23.5. The van der Waals surface area contributed by atoms with Gasteiger partial charge in [-0.1, -0.05) is 66.7 Å². The molecule has 0 atom stereocenters. The zero-order valence-corrected chi connectivity index (χ0v) is 19.0. The third-order valence-electron chi connectivity index (χ3n) is 6.04. The van der Waals surface area contributed by atoms with Gasteiger partial charge in [-0.3, -0.25) is 0 Å². The maximum Gasteiger partial charge on any atom is 0.219 e. The van der Waals surface area contributed by atoms with Gasteiger partial charge in [0.05, 0.1) is 0 Å². The van der Waals surface area contributed by atoms with E-state index >= 15 is 0 Å². The van der Waals surface area contributed by atoms with Gasteiger partial charge in [-0.2, -0.15) is 0 Å². The van der Waals surface area contributed by atoms with Crippen molar-refractivity contribution in [2.45, 2.75) is 6.42 Å². The lowest BCUT2D eigenvalue weighted by Crippen LogP contribution is -1.99. The predicted octanol–water partition coefficient (Wildman–Crippen LogP) is 7.80. The summed E-state index contributed by atoms with van der Waals surface area (Å²) in [6.45, 7) is 0. The average molecular weight is 455 g/mol. The fourth-order valence-corrected chi connectivity index (χ4v) is 4.38. The molecule has 2 aromatic heterocycles. The largest absolute Gasteiger partial charge is 0.439 e. The Labute approximate surface area is 204 Å². The van der Waals surface area contributed by atoms with Crippen LogP contribution in [0.2, 0.25) is 0 Å². The van der Waals surface area contributed by atoms with Gasteiger partial charge < -0.3 is 9.47 Å². The quantitative estimate of drug-likeness (QED) is 0.266. The van der Waals surface area contributed by atoms with E-state index < -0.39 is 0 Å². The molecule has 0 aliphatic heterocycles. The van der Waals surface area contributed by atoms with Crippen molar-refractivity contribution < 1.29 is 9.47 Å². The average Bonchev–Trinajstić information content (AvgIpc) is 3.10. The van der Waals surface area contributed by atoms with Crippen molar-refractivity contribution in [1.82, 2.24) is 9.97 Å². The summed E-state index contributed by atoms with van der Waals surface area (Å²) in [4.78, 5) is 8.62. The zero-order valence-electron chi connectivity index (χ0n) is 19.0. The third-order valence-corrected chi connectivity index (χ3v) is 6.04. The second-order valence-electron chi connectivity index (χ2n) is 8.28. The van der Waals surface area contributed by atoms with E-state index in [0.29, 0.717) is 11.8 Å². The Morgan fingerprint density at radius 1 is 0.571 bits per heavy atom. The second-order valence-corrected chi connectivity index (χ2v) is 8.28. The summed E-state index contributed by atoms with van der Waals surface area (Å²) in [6.07, 6.45) is 8.55. The van der Waals surface area contributed by atoms with E-state index in [2.05, 4.69) is 58.5 Å². The molecule has 6 rings (SSSR count). The van der Waals surface area contributed by atoms with Crippen molar-refractivity contribution >= 4 is 12.2 Å². The number of hydrogen-bond acceptors (Lipinski definition) is 4. The number of fused-ring (bicyclic) bond motifs is 2. The highest BCUT2D eigenvalue weighted by Gasteiger charge is 2.18. The summed E-state index contributed by atoms with van der Waals surface area (Å²) in [5.41, 5.74) is 6.98. The molecule has 5 aromatic rings. The number of ether oxygens (including phenoxy) is 2. The lowest BCUT2D eigenvalue weighted by atomic mass is 9.91. The molecule has 0 saturated carbocycles. The van der Waals surface area contributed by atoms with Gasteiger partial charge in [-0.15, -0.1) is 0 Å². The maximum absolute atomic E-state index is 6.21. The van der Waals surface area contributed by atoms with Crippen molar-refractivity contribution in [2.24, 2.45) is 0 Å². The Hall–Kier alpha value is -4.70. The van der Waals surface area contributed by atoms with Crippen LogP contribution in [0.3, 0.4) is 0 Å². The van der Waals surface area contributed by atoms with Gasteiger partial charge in [-0.25, -0.2) is 9.97 Å². The van der Waals surface area contributed by atoms with Gasteiger partial charge in [0, 0.05) is 36.5 Å². The fourth-order valence-electron chi connectivity index (χ4n) is 4.38. The highest BCUT2D eigenvalue weighted by Crippen LogP contribution is 2.38. The summed E-state index contributed by atoms with van der Waals surface area (Å²) in [7, 11) is 0. The Morgan fingerprint density at radius 2 is 1.26 bits per heavy atom. The molecule has 0 amide bonds. The van der Waals surface area contributed by atoms with Crippen LogP contribution in [0.4, 0.5) is 0 Å². The summed E-state index contributed by atoms with van der Waals surface area (Å²) < 4.78 is 12.2. The van der Waals surface area contributed by atoms with E-state index in [4.69, 9.17) is 9.47 Å². The molecule has 2 heterocycles. The van der Waals surface area contributed by atoms with Crippen LogP contribution in [-0.4, -0.2) is 9.97 Å². The smallest absolute Gasteiger partial charge is 0.219 e. The van der Waals surface area contributed by atoms with Gasteiger partial charge in [0.1, 0.15) is 11.5 Å². The molecule has 0 radical (unpaired) electrons. The highest BCUT2D eigenvalue weighted by molar-refractivity contribution is 5.82. The first-order valence-corrected chi connectivity index (χ1v) is 11.5. The Bertz CT molecular complexity index is 1510. The molecule has 0 unspecified atom stereocenters. The van der Waals surface area contributed by atoms with Crippen LogP contribution >= 0.6 is 0 Å². The molecule has 35 heavy (non-hydrogen) atoms. The SMILES string of the molecule is C1=Cc2cccc(-c3cccc(Oc4ccccn4)c3)c2Cc2c1cccc2Oc1ccccn1. The third kappa shape index (κ3) is 4.42. The molecule has 0 saturated heterocycles. The van der Waals surface area contributed by atoms with Gasteiger partial charge in [0.15, 0.2) is 0 Å². The lowest BCUT2D eigenvalue weighted by molar-refractivity contribution is 0.458. The number of hydrogen-bond donors (Lipinski definition) is 0. The van der Waals surface area contributed by atoms with Crippen LogP contribution in [0, 0.1) is 0 Å². The normalized spacial score (nSPS) is 11.8. The topological polar surface area (TPSA) is 44.2 Å². The Balaban J connectivity index is 1.39. The van der Waals surface area contributed by atoms with Gasteiger partial charge in [0.25, 0.3) is 0 Å². The fraction of sp³-hybridized carbons (Fsp3) is 0.0323. The standard InChI is InChI=1S/C31H22N2O2/c1-3-18-32-30(14-1)34-25-11-5-10-24(20-25)26-12-6-8-22-16-17-23-9-7-13-29(28(23)21-27(22)26)35-31-15-2-4-19-33-31/h1-20H,21H2. The first-order chi connectivity index (χ1) is 17.3. The summed E-state index contributed by atoms with van der Waals surface area (Å²) in [6, 6.07) is 32.1. The molecule has 0 spiro atoms. The van der Waals surface area contributed by atoms with Crippen LogP contribution in [0.15, 0.2) is 109 Å². The van der Waals surface area contributed by atoms with Crippen molar-refractivity contribution in [2.75, 3.05) is 0 Å². The Kier molecular flexibility index (Phi) is 5.53. The molecule has 168 valence electrons. The number of nitrogens with zero attached hydrogens (tertiary/aromatic N) is 2. The van der Waals surface area contributed by atoms with E-state index in [1.54, 1.807) is 12.4 Å². The molecule has 1 aliphatic rings. The number of pyridine rings is 2. The summed E-state index contributed by atoms with van der Waals surface area (Å²) >= 11 is 0. The first-order valence-electron chi connectivity index (χ1n) is 11.5. The molecule has 0 N–H and O–H groups in total. The number of aromatic nitrogens is 2. The molecule has 3 aromatic carbocycles. The maximum atomic E-state index is 6.21. The molecular weight excluding hydrogens is 432 g/mol. The van der Waals surface area contributed by atoms with Crippen LogP contribution in [0.1, 0.15) is 22.3 Å². The molecule has 0 fully saturated rings. The van der Waals surface area contributed by atoms with Crippen LogP contribution in [-0.2, 0) is 6.42 Å². The molecule has 4 nitrogen and oxygen atoms in total. The van der Waals surface area contributed by atoms with Gasteiger partial charge in [-0.05, 0) is 58.1 Å². The minimum absolute atomic E-state index is 0.574. The number of benzene rings is 3. The van der Waals surface area contributed by atoms with Crippen LogP contribution in [0.5, 0.6) is 23.3 Å². The molecule has 1 aliphatic carbocycles. The summed E-state index contributed by atoms with van der Waals surface area (Å²) in [5.74, 6) is 2.73. The molecular formula is C31H22N2O2. The lowest BCUT2D eigenvalue weighted by Gasteiger charge is -2.16. The monoisotopic (exact) mass is 454 g/mol. The van der Waals surface area contributed by atoms with Crippen molar-refractivity contribution in [1.29, 1.82) is 0 Å². The molecule has 0 bridgehead atoms. The van der Waals surface area contributed by atoms with E-state index in [1.807, 2.05) is 60.7 Å². The second kappa shape index (κ2) is 9.27.